The summed E-state index contributed by atoms with van der Waals surface area (Å²) >= 11 is 0. The standard InChI is InChI=1S/C22H19N3O7/c26-9-12(10-27)25-21(31)14-3-1-2-13-16(6-5-15(18(13)14)22(25)32)24-23-8-11-4-7-17(28)20(30)19(11)29/h1-8,12,24,26-30H,9-10H2/b23-8+. The number of hydrogen-bond acceptors (Lipinski definition) is 9. The zero-order valence-electron chi connectivity index (χ0n) is 16.6. The second-order valence-corrected chi connectivity index (χ2v) is 7.13. The molecule has 10 heteroatoms. The number of benzene rings is 3. The number of carbonyl (C=O) groups is 2. The van der Waals surface area contributed by atoms with E-state index in [9.17, 15) is 35.1 Å². The molecule has 2 amide bonds. The van der Waals surface area contributed by atoms with E-state index in [0.717, 1.165) is 4.90 Å². The maximum Gasteiger partial charge on any atom is 0.261 e. The summed E-state index contributed by atoms with van der Waals surface area (Å²) < 4.78 is 0. The van der Waals surface area contributed by atoms with Gasteiger partial charge in [-0.2, -0.15) is 5.10 Å². The number of anilines is 1. The third-order valence-electron chi connectivity index (χ3n) is 5.28. The number of hydrazone groups is 1. The van der Waals surface area contributed by atoms with Crippen molar-refractivity contribution in [1.29, 1.82) is 0 Å². The number of carbonyl (C=O) groups excluding carboxylic acids is 2. The Bertz CT molecular complexity index is 1250. The number of hydrogen-bond donors (Lipinski definition) is 6. The number of phenols is 3. The highest BCUT2D eigenvalue weighted by Crippen LogP contribution is 2.37. The highest BCUT2D eigenvalue weighted by Gasteiger charge is 2.37. The first-order chi connectivity index (χ1) is 15.4. The molecule has 0 fully saturated rings. The van der Waals surface area contributed by atoms with Crippen molar-refractivity contribution >= 4 is 34.5 Å². The number of amides is 2. The molecule has 0 aromatic heterocycles. The Hall–Kier alpha value is -4.15. The largest absolute Gasteiger partial charge is 0.504 e. The Kier molecular flexibility index (Phi) is 5.39. The van der Waals surface area contributed by atoms with Crippen LogP contribution in [-0.4, -0.2) is 67.7 Å². The lowest BCUT2D eigenvalue weighted by Gasteiger charge is -2.32. The summed E-state index contributed by atoms with van der Waals surface area (Å²) in [5, 5.41) is 52.8. The lowest BCUT2D eigenvalue weighted by atomic mass is 9.92. The van der Waals surface area contributed by atoms with Crippen molar-refractivity contribution in [3.63, 3.8) is 0 Å². The van der Waals surface area contributed by atoms with Gasteiger partial charge in [-0.05, 0) is 30.3 Å². The van der Waals surface area contributed by atoms with Crippen LogP contribution < -0.4 is 5.43 Å². The molecule has 1 aliphatic heterocycles. The lowest BCUT2D eigenvalue weighted by molar-refractivity contribution is 0.0375. The number of phenolic OH excluding ortho intramolecular Hbond substituents is 3. The van der Waals surface area contributed by atoms with Crippen molar-refractivity contribution in [3.8, 4) is 17.2 Å². The van der Waals surface area contributed by atoms with E-state index in [-0.39, 0.29) is 16.7 Å². The number of rotatable bonds is 6. The number of imide groups is 1. The molecule has 0 aliphatic carbocycles. The second-order valence-electron chi connectivity index (χ2n) is 7.13. The summed E-state index contributed by atoms with van der Waals surface area (Å²) in [6.45, 7) is -1.12. The average molecular weight is 437 g/mol. The Labute approximate surface area is 181 Å². The molecule has 6 N–H and O–H groups in total. The van der Waals surface area contributed by atoms with Gasteiger partial charge in [0.15, 0.2) is 11.5 Å². The predicted octanol–water partition coefficient (Wildman–Crippen LogP) is 1.35. The maximum absolute atomic E-state index is 12.9. The summed E-state index contributed by atoms with van der Waals surface area (Å²) in [7, 11) is 0. The van der Waals surface area contributed by atoms with Gasteiger partial charge in [-0.15, -0.1) is 0 Å². The molecule has 0 saturated heterocycles. The molecule has 0 unspecified atom stereocenters. The molecule has 10 nitrogen and oxygen atoms in total. The third-order valence-corrected chi connectivity index (χ3v) is 5.28. The van der Waals surface area contributed by atoms with Crippen LogP contribution in [0.4, 0.5) is 5.69 Å². The summed E-state index contributed by atoms with van der Waals surface area (Å²) in [5.74, 6) is -2.91. The zero-order chi connectivity index (χ0) is 23.0. The normalized spacial score (nSPS) is 13.5. The summed E-state index contributed by atoms with van der Waals surface area (Å²) in [6, 6.07) is 9.52. The van der Waals surface area contributed by atoms with E-state index in [2.05, 4.69) is 10.5 Å². The fraction of sp³-hybridized carbons (Fsp3) is 0.136. The molecule has 1 aliphatic rings. The molecule has 32 heavy (non-hydrogen) atoms. The van der Waals surface area contributed by atoms with Gasteiger partial charge in [0, 0.05) is 27.5 Å². The topological polar surface area (TPSA) is 163 Å². The Morgan fingerprint density at radius 2 is 1.59 bits per heavy atom. The van der Waals surface area contributed by atoms with Gasteiger partial charge in [0.05, 0.1) is 31.2 Å². The molecule has 0 atom stereocenters. The minimum Gasteiger partial charge on any atom is -0.504 e. The van der Waals surface area contributed by atoms with Crippen LogP contribution >= 0.6 is 0 Å². The Balaban J connectivity index is 1.72. The van der Waals surface area contributed by atoms with Crippen LogP contribution in [0, 0.1) is 0 Å². The number of aliphatic hydroxyl groups is 2. The highest BCUT2D eigenvalue weighted by molar-refractivity contribution is 6.27. The average Bonchev–Trinajstić information content (AvgIpc) is 2.80. The van der Waals surface area contributed by atoms with Crippen molar-refractivity contribution < 1.29 is 35.1 Å². The van der Waals surface area contributed by atoms with Crippen molar-refractivity contribution in [1.82, 2.24) is 4.90 Å². The summed E-state index contributed by atoms with van der Waals surface area (Å²) in [5.41, 5.74) is 3.90. The van der Waals surface area contributed by atoms with Gasteiger partial charge in [-0.25, -0.2) is 0 Å². The van der Waals surface area contributed by atoms with E-state index in [1.807, 2.05) is 0 Å². The van der Waals surface area contributed by atoms with Crippen LogP contribution in [0.2, 0.25) is 0 Å². The first-order valence-corrected chi connectivity index (χ1v) is 9.57. The number of nitrogens with one attached hydrogen (secondary N) is 1. The first kappa shape index (κ1) is 21.1. The van der Waals surface area contributed by atoms with Crippen molar-refractivity contribution in [3.05, 3.63) is 59.2 Å². The minimum absolute atomic E-state index is 0.149. The van der Waals surface area contributed by atoms with E-state index in [1.165, 1.54) is 24.4 Å². The van der Waals surface area contributed by atoms with Crippen LogP contribution in [0.15, 0.2) is 47.6 Å². The Morgan fingerprint density at radius 1 is 0.906 bits per heavy atom. The quantitative estimate of drug-likeness (QED) is 0.146. The van der Waals surface area contributed by atoms with Crippen LogP contribution in [-0.2, 0) is 0 Å². The van der Waals surface area contributed by atoms with Crippen molar-refractivity contribution in [2.75, 3.05) is 18.6 Å². The van der Waals surface area contributed by atoms with Gasteiger partial charge in [0.2, 0.25) is 5.75 Å². The van der Waals surface area contributed by atoms with E-state index in [4.69, 9.17) is 0 Å². The van der Waals surface area contributed by atoms with Crippen LogP contribution in [0.5, 0.6) is 17.2 Å². The lowest BCUT2D eigenvalue weighted by Crippen LogP contribution is -2.50. The molecule has 1 heterocycles. The van der Waals surface area contributed by atoms with E-state index in [0.29, 0.717) is 16.5 Å². The fourth-order valence-electron chi connectivity index (χ4n) is 3.63. The van der Waals surface area contributed by atoms with Crippen molar-refractivity contribution in [2.45, 2.75) is 6.04 Å². The summed E-state index contributed by atoms with van der Waals surface area (Å²) in [4.78, 5) is 26.7. The first-order valence-electron chi connectivity index (χ1n) is 9.57. The molecule has 0 saturated carbocycles. The number of aliphatic hydroxyl groups excluding tert-OH is 2. The molecular formula is C22H19N3O7. The molecule has 3 aromatic carbocycles. The van der Waals surface area contributed by atoms with E-state index >= 15 is 0 Å². The van der Waals surface area contributed by atoms with Crippen LogP contribution in [0.25, 0.3) is 10.8 Å². The highest BCUT2D eigenvalue weighted by atomic mass is 16.3. The number of aromatic hydroxyl groups is 3. The number of nitrogens with zero attached hydrogens (tertiary/aromatic N) is 2. The van der Waals surface area contributed by atoms with Gasteiger partial charge >= 0.3 is 0 Å². The Morgan fingerprint density at radius 3 is 2.28 bits per heavy atom. The van der Waals surface area contributed by atoms with Crippen LogP contribution in [0.1, 0.15) is 26.3 Å². The monoisotopic (exact) mass is 437 g/mol. The van der Waals surface area contributed by atoms with Gasteiger partial charge in [0.1, 0.15) is 0 Å². The van der Waals surface area contributed by atoms with Gasteiger partial charge in [0.25, 0.3) is 11.8 Å². The van der Waals surface area contributed by atoms with Gasteiger partial charge in [-0.1, -0.05) is 12.1 Å². The van der Waals surface area contributed by atoms with Gasteiger partial charge < -0.3 is 25.5 Å². The molecule has 4 rings (SSSR count). The van der Waals surface area contributed by atoms with E-state index in [1.54, 1.807) is 24.3 Å². The summed E-state index contributed by atoms with van der Waals surface area (Å²) in [6.07, 6.45) is 1.23. The third kappa shape index (κ3) is 3.27. The van der Waals surface area contributed by atoms with Crippen molar-refractivity contribution in [2.24, 2.45) is 5.10 Å². The van der Waals surface area contributed by atoms with E-state index < -0.39 is 48.3 Å². The smallest absolute Gasteiger partial charge is 0.261 e. The van der Waals surface area contributed by atoms with Gasteiger partial charge in [-0.3, -0.25) is 19.9 Å². The molecule has 164 valence electrons. The predicted molar refractivity (Wildman–Crippen MR) is 115 cm³/mol. The molecule has 3 aromatic rings. The SMILES string of the molecule is O=C1c2cccc3c(N/N=C/c4ccc(O)c(O)c4O)ccc(c23)C(=O)N1C(CO)CO. The fourth-order valence-corrected chi connectivity index (χ4v) is 3.63. The molecule has 0 bridgehead atoms. The van der Waals surface area contributed by atoms with Crippen LogP contribution in [0.3, 0.4) is 0 Å². The molecule has 0 spiro atoms. The zero-order valence-corrected chi connectivity index (χ0v) is 16.6. The minimum atomic E-state index is -1.05. The molecular weight excluding hydrogens is 418 g/mol. The maximum atomic E-state index is 12.9. The molecule has 0 radical (unpaired) electrons. The second kappa shape index (κ2) is 8.17.